The van der Waals surface area contributed by atoms with Gasteiger partial charge in [-0.25, -0.2) is 0 Å². The Kier molecular flexibility index (Phi) is 7.32. The summed E-state index contributed by atoms with van der Waals surface area (Å²) >= 11 is 0. The number of hydrogen-bond acceptors (Lipinski definition) is 2. The van der Waals surface area contributed by atoms with Gasteiger partial charge in [0.2, 0.25) is 0 Å². The molecule has 0 bridgehead atoms. The molecule has 8 aromatic rings. The number of allylic oxidation sites excluding steroid dienone is 1. The summed E-state index contributed by atoms with van der Waals surface area (Å²) in [5, 5.41) is 1.24. The van der Waals surface area contributed by atoms with Crippen LogP contribution in [0.25, 0.3) is 49.9 Å². The van der Waals surface area contributed by atoms with E-state index < -0.39 is 0 Å². The van der Waals surface area contributed by atoms with Crippen molar-refractivity contribution < 1.29 is 4.42 Å². The summed E-state index contributed by atoms with van der Waals surface area (Å²) in [6.07, 6.45) is 1.03. The summed E-state index contributed by atoms with van der Waals surface area (Å²) in [7, 11) is 0. The second-order valence-electron chi connectivity index (χ2n) is 17.4. The number of hydrogen-bond donors (Lipinski definition) is 0. The quantitative estimate of drug-likeness (QED) is 0.175. The molecular weight excluding hydrogens is 691 g/mol. The van der Waals surface area contributed by atoms with Crippen LogP contribution in [0, 0.1) is 0 Å². The van der Waals surface area contributed by atoms with Crippen molar-refractivity contribution in [1.82, 2.24) is 0 Å². The average Bonchev–Trinajstić information content (AvgIpc) is 3.82. The van der Waals surface area contributed by atoms with E-state index in [1.54, 1.807) is 0 Å². The summed E-state index contributed by atoms with van der Waals surface area (Å²) in [6.45, 7) is 11.9. The van der Waals surface area contributed by atoms with Crippen LogP contribution in [0.5, 0.6) is 0 Å². The summed E-state index contributed by atoms with van der Waals surface area (Å²) in [5.74, 6) is 1.44. The fraction of sp³-hybridized carbons (Fsp3) is 0.164. The van der Waals surface area contributed by atoms with E-state index in [1.807, 2.05) is 0 Å². The van der Waals surface area contributed by atoms with E-state index >= 15 is 0 Å². The third-order valence-corrected chi connectivity index (χ3v) is 13.4. The Bertz CT molecular complexity index is 2920. The molecule has 0 aliphatic heterocycles. The molecule has 0 radical (unpaired) electrons. The molecule has 0 unspecified atom stereocenters. The SMILES string of the molecule is C[C@@H]1CC2=C(c3cc(N(c4ccc(-c5ccc(-c6ccccc6)cc5)cc4)c4ccc5c(c4)C(C)(C)c4ccccc4-5)ccc3C2(C)C)c2oc3ccccc3c21. The van der Waals surface area contributed by atoms with E-state index in [2.05, 4.69) is 203 Å². The molecule has 2 heteroatoms. The highest BCUT2D eigenvalue weighted by Crippen LogP contribution is 2.58. The molecule has 57 heavy (non-hydrogen) atoms. The molecular formula is C55H45NO. The molecule has 0 saturated carbocycles. The number of furan rings is 1. The molecule has 1 aromatic heterocycles. The summed E-state index contributed by atoms with van der Waals surface area (Å²) in [6, 6.07) is 60.4. The van der Waals surface area contributed by atoms with E-state index in [0.717, 1.165) is 34.8 Å². The van der Waals surface area contributed by atoms with Gasteiger partial charge in [-0.2, -0.15) is 0 Å². The lowest BCUT2D eigenvalue weighted by molar-refractivity contribution is 0.547. The minimum absolute atomic E-state index is 0.0972. The molecule has 0 spiro atoms. The standard InChI is InChI=1S/C55H45NO/c1-34-31-49-52(53-51(34)44-16-10-12-18-50(44)57-53)45-32-40(28-30-47(45)55(49,4)5)56(41-27-29-43-42-15-9-11-17-46(42)54(2,3)48(43)33-41)39-25-23-38(24-26-39)37-21-19-36(20-22-37)35-13-7-6-8-14-35/h6-30,32-34H,31H2,1-5H3/t34-/m1/s1. The Balaban J connectivity index is 1.05. The van der Waals surface area contributed by atoms with E-state index in [-0.39, 0.29) is 10.8 Å². The number of fused-ring (bicyclic) bond motifs is 9. The molecule has 3 aliphatic rings. The molecule has 1 heterocycles. The smallest absolute Gasteiger partial charge is 0.139 e. The van der Waals surface area contributed by atoms with Crippen molar-refractivity contribution in [2.45, 2.75) is 57.8 Å². The third kappa shape index (κ3) is 5.03. The second-order valence-corrected chi connectivity index (χ2v) is 17.4. The van der Waals surface area contributed by atoms with E-state index in [4.69, 9.17) is 4.42 Å². The maximum Gasteiger partial charge on any atom is 0.139 e. The van der Waals surface area contributed by atoms with Crippen LogP contribution in [-0.2, 0) is 10.8 Å². The highest BCUT2D eigenvalue weighted by Gasteiger charge is 2.44. The van der Waals surface area contributed by atoms with Crippen LogP contribution in [0.15, 0.2) is 174 Å². The Labute approximate surface area is 335 Å². The van der Waals surface area contributed by atoms with Crippen molar-refractivity contribution in [3.63, 3.8) is 0 Å². The summed E-state index contributed by atoms with van der Waals surface area (Å²) in [4.78, 5) is 2.46. The normalized spacial score (nSPS) is 16.8. The van der Waals surface area contributed by atoms with Crippen molar-refractivity contribution in [2.75, 3.05) is 4.90 Å². The predicted molar refractivity (Wildman–Crippen MR) is 238 cm³/mol. The molecule has 0 amide bonds. The van der Waals surface area contributed by atoms with Crippen LogP contribution in [0.1, 0.15) is 80.5 Å². The summed E-state index contributed by atoms with van der Waals surface area (Å²) in [5.41, 5.74) is 21.3. The number of rotatable bonds is 5. The average molecular weight is 736 g/mol. The Morgan fingerprint density at radius 3 is 1.81 bits per heavy atom. The molecule has 2 nitrogen and oxygen atoms in total. The fourth-order valence-corrected chi connectivity index (χ4v) is 10.4. The number of nitrogens with zero attached hydrogens (tertiary/aromatic N) is 1. The second kappa shape index (κ2) is 12.3. The van der Waals surface area contributed by atoms with Crippen LogP contribution >= 0.6 is 0 Å². The van der Waals surface area contributed by atoms with Crippen molar-refractivity contribution in [3.8, 4) is 33.4 Å². The lowest BCUT2D eigenvalue weighted by Crippen LogP contribution is -2.20. The molecule has 0 N–H and O–H groups in total. The lowest BCUT2D eigenvalue weighted by Gasteiger charge is -2.30. The molecule has 7 aromatic carbocycles. The maximum atomic E-state index is 6.81. The number of para-hydroxylation sites is 1. The van der Waals surface area contributed by atoms with Gasteiger partial charge in [-0.05, 0) is 116 Å². The van der Waals surface area contributed by atoms with Crippen LogP contribution in [0.3, 0.4) is 0 Å². The fourth-order valence-electron chi connectivity index (χ4n) is 10.4. The van der Waals surface area contributed by atoms with Crippen molar-refractivity contribution in [2.24, 2.45) is 0 Å². The van der Waals surface area contributed by atoms with Gasteiger partial charge in [-0.15, -0.1) is 0 Å². The molecule has 3 aliphatic carbocycles. The first-order valence-corrected chi connectivity index (χ1v) is 20.4. The monoisotopic (exact) mass is 735 g/mol. The zero-order valence-electron chi connectivity index (χ0n) is 33.2. The van der Waals surface area contributed by atoms with Gasteiger partial charge in [0, 0.05) is 44.4 Å². The highest BCUT2D eigenvalue weighted by molar-refractivity contribution is 5.98. The highest BCUT2D eigenvalue weighted by atomic mass is 16.3. The van der Waals surface area contributed by atoms with Gasteiger partial charge in [0.15, 0.2) is 0 Å². The van der Waals surface area contributed by atoms with Crippen LogP contribution in [-0.4, -0.2) is 0 Å². The minimum atomic E-state index is -0.110. The zero-order chi connectivity index (χ0) is 38.6. The van der Waals surface area contributed by atoms with E-state index in [0.29, 0.717) is 5.92 Å². The van der Waals surface area contributed by atoms with Gasteiger partial charge in [0.05, 0.1) is 0 Å². The minimum Gasteiger partial charge on any atom is -0.456 e. The van der Waals surface area contributed by atoms with Crippen LogP contribution in [0.2, 0.25) is 0 Å². The van der Waals surface area contributed by atoms with Crippen molar-refractivity contribution in [3.05, 3.63) is 203 Å². The Morgan fingerprint density at radius 2 is 1.05 bits per heavy atom. The predicted octanol–water partition coefficient (Wildman–Crippen LogP) is 15.1. The maximum absolute atomic E-state index is 6.81. The van der Waals surface area contributed by atoms with Crippen LogP contribution in [0.4, 0.5) is 17.1 Å². The number of anilines is 3. The molecule has 0 fully saturated rings. The first-order chi connectivity index (χ1) is 27.7. The molecule has 1 atom stereocenters. The van der Waals surface area contributed by atoms with Gasteiger partial charge < -0.3 is 9.32 Å². The van der Waals surface area contributed by atoms with Gasteiger partial charge in [0.1, 0.15) is 11.3 Å². The van der Waals surface area contributed by atoms with Gasteiger partial charge in [-0.1, -0.05) is 156 Å². The lowest BCUT2D eigenvalue weighted by atomic mass is 9.74. The first kappa shape index (κ1) is 33.9. The largest absolute Gasteiger partial charge is 0.456 e. The van der Waals surface area contributed by atoms with Gasteiger partial charge in [0.25, 0.3) is 0 Å². The van der Waals surface area contributed by atoms with Crippen molar-refractivity contribution in [1.29, 1.82) is 0 Å². The molecule has 276 valence electrons. The molecule has 11 rings (SSSR count). The van der Waals surface area contributed by atoms with Gasteiger partial charge in [-0.3, -0.25) is 0 Å². The van der Waals surface area contributed by atoms with Crippen LogP contribution < -0.4 is 4.90 Å². The number of benzene rings is 7. The van der Waals surface area contributed by atoms with Gasteiger partial charge >= 0.3 is 0 Å². The summed E-state index contributed by atoms with van der Waals surface area (Å²) < 4.78 is 6.81. The Morgan fingerprint density at radius 1 is 0.491 bits per heavy atom. The first-order valence-electron chi connectivity index (χ1n) is 20.4. The van der Waals surface area contributed by atoms with E-state index in [9.17, 15) is 0 Å². The third-order valence-electron chi connectivity index (χ3n) is 13.4. The zero-order valence-corrected chi connectivity index (χ0v) is 33.2. The van der Waals surface area contributed by atoms with E-state index in [1.165, 1.54) is 77.7 Å². The van der Waals surface area contributed by atoms with Crippen molar-refractivity contribution >= 4 is 33.6 Å². The Hall–Kier alpha value is -6.38. The topological polar surface area (TPSA) is 16.4 Å². The molecule has 0 saturated heterocycles.